The van der Waals surface area contributed by atoms with Gasteiger partial charge in [0.25, 0.3) is 0 Å². The molecule has 0 aliphatic carbocycles. The summed E-state index contributed by atoms with van der Waals surface area (Å²) in [5, 5.41) is 0.495. The van der Waals surface area contributed by atoms with E-state index in [1.54, 1.807) is 11.8 Å². The van der Waals surface area contributed by atoms with Crippen LogP contribution in [0.5, 0.6) is 5.75 Å². The lowest BCUT2D eigenvalue weighted by atomic mass is 10.2. The first kappa shape index (κ1) is 12.6. The van der Waals surface area contributed by atoms with Gasteiger partial charge < -0.3 is 15.2 Å². The molecular weight excluding hydrogens is 234 g/mol. The van der Waals surface area contributed by atoms with Crippen molar-refractivity contribution in [3.63, 3.8) is 0 Å². The number of rotatable bonds is 4. The summed E-state index contributed by atoms with van der Waals surface area (Å²) in [5.74, 6) is 0.782. The quantitative estimate of drug-likeness (QED) is 0.838. The summed E-state index contributed by atoms with van der Waals surface area (Å²) in [5.41, 5.74) is 6.85. The second-order valence-electron chi connectivity index (χ2n) is 4.12. The van der Waals surface area contributed by atoms with E-state index in [1.807, 2.05) is 25.1 Å². The van der Waals surface area contributed by atoms with E-state index in [4.69, 9.17) is 15.2 Å². The summed E-state index contributed by atoms with van der Waals surface area (Å²) in [7, 11) is 0. The van der Waals surface area contributed by atoms with Crippen LogP contribution in [-0.4, -0.2) is 24.6 Å². The molecule has 2 rings (SSSR count). The maximum Gasteiger partial charge on any atom is 0.143 e. The van der Waals surface area contributed by atoms with E-state index >= 15 is 0 Å². The molecule has 0 saturated carbocycles. The second kappa shape index (κ2) is 5.65. The molecule has 1 fully saturated rings. The monoisotopic (exact) mass is 253 g/mol. The maximum atomic E-state index is 6.11. The Morgan fingerprint density at radius 2 is 2.35 bits per heavy atom. The number of para-hydroxylation sites is 1. The van der Waals surface area contributed by atoms with E-state index in [0.29, 0.717) is 18.0 Å². The zero-order chi connectivity index (χ0) is 12.3. The fourth-order valence-corrected chi connectivity index (χ4v) is 3.13. The molecule has 1 aromatic rings. The van der Waals surface area contributed by atoms with Crippen molar-refractivity contribution in [1.29, 1.82) is 0 Å². The van der Waals surface area contributed by atoms with Gasteiger partial charge in [0, 0.05) is 16.8 Å². The van der Waals surface area contributed by atoms with Crippen LogP contribution in [0.1, 0.15) is 20.3 Å². The van der Waals surface area contributed by atoms with Crippen molar-refractivity contribution in [2.24, 2.45) is 0 Å². The molecule has 0 bridgehead atoms. The molecule has 2 atom stereocenters. The van der Waals surface area contributed by atoms with E-state index in [-0.39, 0.29) is 0 Å². The fourth-order valence-electron chi connectivity index (χ4n) is 1.94. The summed E-state index contributed by atoms with van der Waals surface area (Å²) in [6.45, 7) is 5.57. The van der Waals surface area contributed by atoms with Gasteiger partial charge in [-0.3, -0.25) is 0 Å². The number of ether oxygens (including phenoxy) is 2. The Balaban J connectivity index is 2.12. The van der Waals surface area contributed by atoms with Gasteiger partial charge >= 0.3 is 0 Å². The summed E-state index contributed by atoms with van der Waals surface area (Å²) < 4.78 is 11.1. The molecule has 1 heterocycles. The molecule has 4 heteroatoms. The Bertz CT molecular complexity index is 384. The molecular formula is C13H19NO2S. The normalized spacial score (nSPS) is 23.9. The molecule has 0 amide bonds. The summed E-state index contributed by atoms with van der Waals surface area (Å²) in [4.78, 5) is 1.10. The number of nitrogen functional groups attached to an aromatic ring is 1. The van der Waals surface area contributed by atoms with Crippen molar-refractivity contribution >= 4 is 17.4 Å². The minimum absolute atomic E-state index is 0.301. The van der Waals surface area contributed by atoms with Gasteiger partial charge in [-0.1, -0.05) is 6.07 Å². The van der Waals surface area contributed by atoms with E-state index < -0.39 is 0 Å². The highest BCUT2D eigenvalue weighted by atomic mass is 32.2. The number of thioether (sulfide) groups is 1. The molecule has 1 aromatic carbocycles. The van der Waals surface area contributed by atoms with E-state index in [9.17, 15) is 0 Å². The topological polar surface area (TPSA) is 44.5 Å². The Morgan fingerprint density at radius 1 is 1.53 bits per heavy atom. The Hall–Kier alpha value is -0.870. The van der Waals surface area contributed by atoms with Gasteiger partial charge in [-0.15, -0.1) is 11.8 Å². The van der Waals surface area contributed by atoms with Crippen LogP contribution in [0.4, 0.5) is 5.69 Å². The third-order valence-electron chi connectivity index (χ3n) is 2.91. The van der Waals surface area contributed by atoms with Crippen LogP contribution in [0.3, 0.4) is 0 Å². The van der Waals surface area contributed by atoms with Gasteiger partial charge in [-0.25, -0.2) is 0 Å². The average Bonchev–Trinajstić information content (AvgIpc) is 2.70. The SMILES string of the molecule is CCOc1cccc(SC2CCOC2C)c1N. The standard InChI is InChI=1S/C13H19NO2S/c1-3-15-10-5-4-6-12(13(10)14)17-11-7-8-16-9(11)2/h4-6,9,11H,3,7-8,14H2,1-2H3. The van der Waals surface area contributed by atoms with E-state index in [1.165, 1.54) is 0 Å². The molecule has 17 heavy (non-hydrogen) atoms. The zero-order valence-corrected chi connectivity index (χ0v) is 11.1. The zero-order valence-electron chi connectivity index (χ0n) is 10.3. The van der Waals surface area contributed by atoms with E-state index in [2.05, 4.69) is 6.92 Å². The summed E-state index contributed by atoms with van der Waals surface area (Å²) >= 11 is 1.80. The first-order chi connectivity index (χ1) is 8.22. The van der Waals surface area contributed by atoms with Crippen molar-refractivity contribution in [1.82, 2.24) is 0 Å². The summed E-state index contributed by atoms with van der Waals surface area (Å²) in [6.07, 6.45) is 1.39. The summed E-state index contributed by atoms with van der Waals surface area (Å²) in [6, 6.07) is 5.95. The molecule has 2 unspecified atom stereocenters. The predicted octanol–water partition coefficient (Wildman–Crippen LogP) is 2.94. The molecule has 0 aromatic heterocycles. The smallest absolute Gasteiger partial charge is 0.143 e. The highest BCUT2D eigenvalue weighted by Crippen LogP contribution is 2.38. The Labute approximate surface area is 107 Å². The second-order valence-corrected chi connectivity index (χ2v) is 5.40. The average molecular weight is 253 g/mol. The number of benzene rings is 1. The number of nitrogens with two attached hydrogens (primary N) is 1. The molecule has 0 radical (unpaired) electrons. The lowest BCUT2D eigenvalue weighted by Gasteiger charge is -2.16. The van der Waals surface area contributed by atoms with Gasteiger partial charge in [-0.2, -0.15) is 0 Å². The third-order valence-corrected chi connectivity index (χ3v) is 4.44. The molecule has 2 N–H and O–H groups in total. The highest BCUT2D eigenvalue weighted by Gasteiger charge is 2.26. The van der Waals surface area contributed by atoms with Crippen LogP contribution in [0, 0.1) is 0 Å². The molecule has 94 valence electrons. The number of anilines is 1. The minimum Gasteiger partial charge on any atom is -0.492 e. The van der Waals surface area contributed by atoms with Gasteiger partial charge in [0.05, 0.1) is 18.4 Å². The molecule has 3 nitrogen and oxygen atoms in total. The van der Waals surface area contributed by atoms with Gasteiger partial charge in [0.15, 0.2) is 0 Å². The molecule has 1 aliphatic rings. The van der Waals surface area contributed by atoms with Crippen molar-refractivity contribution in [3.8, 4) is 5.75 Å². The molecule has 1 saturated heterocycles. The lowest BCUT2D eigenvalue weighted by molar-refractivity contribution is 0.127. The largest absolute Gasteiger partial charge is 0.492 e. The molecule has 1 aliphatic heterocycles. The van der Waals surface area contributed by atoms with Crippen LogP contribution >= 0.6 is 11.8 Å². The van der Waals surface area contributed by atoms with Crippen LogP contribution in [0.25, 0.3) is 0 Å². The Morgan fingerprint density at radius 3 is 3.00 bits per heavy atom. The predicted molar refractivity (Wildman–Crippen MR) is 71.7 cm³/mol. The van der Waals surface area contributed by atoms with Crippen molar-refractivity contribution in [3.05, 3.63) is 18.2 Å². The van der Waals surface area contributed by atoms with Crippen LogP contribution in [0.2, 0.25) is 0 Å². The first-order valence-electron chi connectivity index (χ1n) is 6.02. The lowest BCUT2D eigenvalue weighted by Crippen LogP contribution is -2.13. The van der Waals surface area contributed by atoms with Gasteiger partial charge in [-0.05, 0) is 32.4 Å². The number of hydrogen-bond donors (Lipinski definition) is 1. The van der Waals surface area contributed by atoms with Crippen LogP contribution in [0.15, 0.2) is 23.1 Å². The van der Waals surface area contributed by atoms with Gasteiger partial charge in [0.2, 0.25) is 0 Å². The molecule has 0 spiro atoms. The van der Waals surface area contributed by atoms with Crippen molar-refractivity contribution < 1.29 is 9.47 Å². The fraction of sp³-hybridized carbons (Fsp3) is 0.538. The van der Waals surface area contributed by atoms with Crippen molar-refractivity contribution in [2.45, 2.75) is 36.5 Å². The third kappa shape index (κ3) is 2.87. The maximum absolute atomic E-state index is 6.11. The first-order valence-corrected chi connectivity index (χ1v) is 6.90. The van der Waals surface area contributed by atoms with Crippen LogP contribution < -0.4 is 10.5 Å². The van der Waals surface area contributed by atoms with Gasteiger partial charge in [0.1, 0.15) is 5.75 Å². The minimum atomic E-state index is 0.301. The van der Waals surface area contributed by atoms with Crippen molar-refractivity contribution in [2.75, 3.05) is 18.9 Å². The van der Waals surface area contributed by atoms with Crippen LogP contribution in [-0.2, 0) is 4.74 Å². The van der Waals surface area contributed by atoms with E-state index in [0.717, 1.165) is 29.4 Å². The Kier molecular flexibility index (Phi) is 4.18. The number of hydrogen-bond acceptors (Lipinski definition) is 4. The highest BCUT2D eigenvalue weighted by molar-refractivity contribution is 8.00.